The van der Waals surface area contributed by atoms with E-state index >= 15 is 0 Å². The highest BCUT2D eigenvalue weighted by molar-refractivity contribution is 6.30. The van der Waals surface area contributed by atoms with Gasteiger partial charge in [-0.3, -0.25) is 4.79 Å². The van der Waals surface area contributed by atoms with Crippen LogP contribution in [-0.2, 0) is 16.6 Å². The average Bonchev–Trinajstić information content (AvgIpc) is 2.41. The second kappa shape index (κ2) is 5.68. The molecule has 0 amide bonds. The number of hydrogen-bond donors (Lipinski definition) is 1. The predicted octanol–water partition coefficient (Wildman–Crippen LogP) is 4.23. The third kappa shape index (κ3) is 2.86. The van der Waals surface area contributed by atoms with Crippen molar-refractivity contribution < 1.29 is 9.90 Å². The SMILES string of the molecule is Cc1ccccc1CC(C)(C(=O)O)c1cccc(Cl)c1. The Morgan fingerprint density at radius 2 is 1.90 bits per heavy atom. The minimum atomic E-state index is -0.989. The maximum absolute atomic E-state index is 11.8. The molecule has 0 aliphatic rings. The van der Waals surface area contributed by atoms with Crippen molar-refractivity contribution in [2.45, 2.75) is 25.7 Å². The predicted molar refractivity (Wildman–Crippen MR) is 81.3 cm³/mol. The largest absolute Gasteiger partial charge is 0.481 e. The van der Waals surface area contributed by atoms with Crippen LogP contribution in [0.4, 0.5) is 0 Å². The van der Waals surface area contributed by atoms with Crippen molar-refractivity contribution >= 4 is 17.6 Å². The Morgan fingerprint density at radius 3 is 2.50 bits per heavy atom. The molecule has 0 heterocycles. The van der Waals surface area contributed by atoms with Crippen molar-refractivity contribution in [1.82, 2.24) is 0 Å². The number of aryl methyl sites for hydroxylation is 1. The van der Waals surface area contributed by atoms with Crippen molar-refractivity contribution in [1.29, 1.82) is 0 Å². The first-order valence-electron chi connectivity index (χ1n) is 6.47. The Balaban J connectivity index is 2.46. The minimum absolute atomic E-state index is 0.440. The fourth-order valence-corrected chi connectivity index (χ4v) is 2.51. The van der Waals surface area contributed by atoms with Crippen LogP contribution in [0.15, 0.2) is 48.5 Å². The molecule has 1 atom stereocenters. The Kier molecular flexibility index (Phi) is 4.15. The summed E-state index contributed by atoms with van der Waals surface area (Å²) in [7, 11) is 0. The number of hydrogen-bond acceptors (Lipinski definition) is 1. The number of aliphatic carboxylic acids is 1. The molecule has 0 aliphatic heterocycles. The molecule has 2 nitrogen and oxygen atoms in total. The lowest BCUT2D eigenvalue weighted by atomic mass is 9.76. The van der Waals surface area contributed by atoms with Crippen LogP contribution in [0.3, 0.4) is 0 Å². The van der Waals surface area contributed by atoms with E-state index in [0.717, 1.165) is 16.7 Å². The van der Waals surface area contributed by atoms with E-state index in [1.165, 1.54) is 0 Å². The number of carboxylic acid groups (broad SMARTS) is 1. The van der Waals surface area contributed by atoms with Gasteiger partial charge in [0.2, 0.25) is 0 Å². The Bertz CT molecular complexity index is 636. The van der Waals surface area contributed by atoms with Crippen LogP contribution in [0.5, 0.6) is 0 Å². The summed E-state index contributed by atoms with van der Waals surface area (Å²) in [6, 6.07) is 14.9. The molecule has 0 aromatic heterocycles. The maximum Gasteiger partial charge on any atom is 0.314 e. The normalized spacial score (nSPS) is 13.8. The van der Waals surface area contributed by atoms with Crippen LogP contribution in [0, 0.1) is 6.92 Å². The third-order valence-electron chi connectivity index (χ3n) is 3.74. The summed E-state index contributed by atoms with van der Waals surface area (Å²) in [5.74, 6) is -0.844. The molecule has 0 bridgehead atoms. The molecule has 1 N–H and O–H groups in total. The molecule has 0 saturated carbocycles. The van der Waals surface area contributed by atoms with Crippen molar-refractivity contribution in [3.05, 3.63) is 70.2 Å². The Labute approximate surface area is 124 Å². The molecule has 0 fully saturated rings. The van der Waals surface area contributed by atoms with Crippen LogP contribution in [0.25, 0.3) is 0 Å². The van der Waals surface area contributed by atoms with E-state index < -0.39 is 11.4 Å². The fraction of sp³-hybridized carbons (Fsp3) is 0.235. The molecule has 2 aromatic rings. The maximum atomic E-state index is 11.8. The standard InChI is InChI=1S/C17H17ClO2/c1-12-6-3-4-7-13(12)11-17(2,16(19)20)14-8-5-9-15(18)10-14/h3-10H,11H2,1-2H3,(H,19,20). The van der Waals surface area contributed by atoms with Gasteiger partial charge in [0, 0.05) is 5.02 Å². The summed E-state index contributed by atoms with van der Waals surface area (Å²) in [5.41, 5.74) is 1.87. The van der Waals surface area contributed by atoms with Crippen LogP contribution in [0.2, 0.25) is 5.02 Å². The Hall–Kier alpha value is -1.80. The van der Waals surface area contributed by atoms with Gasteiger partial charge in [0.15, 0.2) is 0 Å². The summed E-state index contributed by atoms with van der Waals surface area (Å²) in [4.78, 5) is 11.8. The van der Waals surface area contributed by atoms with Gasteiger partial charge >= 0.3 is 5.97 Å². The molecule has 1 unspecified atom stereocenters. The Morgan fingerprint density at radius 1 is 1.20 bits per heavy atom. The van der Waals surface area contributed by atoms with Crippen molar-refractivity contribution in [3.8, 4) is 0 Å². The molecule has 0 aliphatic carbocycles. The third-order valence-corrected chi connectivity index (χ3v) is 3.97. The molecule has 0 spiro atoms. The average molecular weight is 289 g/mol. The zero-order chi connectivity index (χ0) is 14.8. The monoisotopic (exact) mass is 288 g/mol. The second-order valence-electron chi connectivity index (χ2n) is 5.25. The summed E-state index contributed by atoms with van der Waals surface area (Å²) in [6.45, 7) is 3.74. The number of carboxylic acids is 1. The molecular formula is C17H17ClO2. The smallest absolute Gasteiger partial charge is 0.314 e. The molecule has 2 rings (SSSR count). The number of halogens is 1. The topological polar surface area (TPSA) is 37.3 Å². The van der Waals surface area contributed by atoms with Gasteiger partial charge < -0.3 is 5.11 Å². The minimum Gasteiger partial charge on any atom is -0.481 e. The summed E-state index contributed by atoms with van der Waals surface area (Å²) in [6.07, 6.45) is 0.440. The van der Waals surface area contributed by atoms with Crippen molar-refractivity contribution in [2.75, 3.05) is 0 Å². The first kappa shape index (κ1) is 14.6. The van der Waals surface area contributed by atoms with E-state index in [0.29, 0.717) is 11.4 Å². The van der Waals surface area contributed by atoms with E-state index in [2.05, 4.69) is 0 Å². The zero-order valence-corrected chi connectivity index (χ0v) is 12.3. The lowest BCUT2D eigenvalue weighted by Gasteiger charge is -2.26. The van der Waals surface area contributed by atoms with E-state index in [1.807, 2.05) is 37.3 Å². The zero-order valence-electron chi connectivity index (χ0n) is 11.6. The number of benzene rings is 2. The van der Waals surface area contributed by atoms with Gasteiger partial charge in [-0.15, -0.1) is 0 Å². The van der Waals surface area contributed by atoms with Crippen molar-refractivity contribution in [3.63, 3.8) is 0 Å². The highest BCUT2D eigenvalue weighted by atomic mass is 35.5. The first-order valence-corrected chi connectivity index (χ1v) is 6.85. The van der Waals surface area contributed by atoms with Crippen LogP contribution in [0.1, 0.15) is 23.6 Å². The van der Waals surface area contributed by atoms with Crippen molar-refractivity contribution in [2.24, 2.45) is 0 Å². The molecular weight excluding hydrogens is 272 g/mol. The molecule has 20 heavy (non-hydrogen) atoms. The van der Waals surface area contributed by atoms with Gasteiger partial charge in [0.25, 0.3) is 0 Å². The van der Waals surface area contributed by atoms with Gasteiger partial charge in [-0.2, -0.15) is 0 Å². The summed E-state index contributed by atoms with van der Waals surface area (Å²) >= 11 is 6.00. The van der Waals surface area contributed by atoms with Gasteiger partial charge in [-0.25, -0.2) is 0 Å². The van der Waals surface area contributed by atoms with Crippen LogP contribution in [-0.4, -0.2) is 11.1 Å². The van der Waals surface area contributed by atoms with Crippen LogP contribution >= 0.6 is 11.6 Å². The van der Waals surface area contributed by atoms with Crippen LogP contribution < -0.4 is 0 Å². The van der Waals surface area contributed by atoms with Gasteiger partial charge in [-0.1, -0.05) is 48.0 Å². The molecule has 2 aromatic carbocycles. The highest BCUT2D eigenvalue weighted by Gasteiger charge is 2.35. The number of carbonyl (C=O) groups is 1. The first-order chi connectivity index (χ1) is 9.43. The quantitative estimate of drug-likeness (QED) is 0.914. The van der Waals surface area contributed by atoms with Gasteiger partial charge in [-0.05, 0) is 49.1 Å². The van der Waals surface area contributed by atoms with E-state index in [4.69, 9.17) is 11.6 Å². The highest BCUT2D eigenvalue weighted by Crippen LogP contribution is 2.31. The lowest BCUT2D eigenvalue weighted by molar-refractivity contribution is -0.143. The van der Waals surface area contributed by atoms with E-state index in [9.17, 15) is 9.90 Å². The summed E-state index contributed by atoms with van der Waals surface area (Å²) < 4.78 is 0. The molecule has 0 saturated heterocycles. The van der Waals surface area contributed by atoms with Gasteiger partial charge in [0.1, 0.15) is 0 Å². The van der Waals surface area contributed by atoms with E-state index in [1.54, 1.807) is 25.1 Å². The lowest BCUT2D eigenvalue weighted by Crippen LogP contribution is -2.35. The molecule has 3 heteroatoms. The number of rotatable bonds is 4. The molecule has 104 valence electrons. The second-order valence-corrected chi connectivity index (χ2v) is 5.69. The molecule has 0 radical (unpaired) electrons. The van der Waals surface area contributed by atoms with E-state index in [-0.39, 0.29) is 0 Å². The van der Waals surface area contributed by atoms with Gasteiger partial charge in [0.05, 0.1) is 5.41 Å². The summed E-state index contributed by atoms with van der Waals surface area (Å²) in [5, 5.41) is 10.2. The fourth-order valence-electron chi connectivity index (χ4n) is 2.32.